The smallest absolute Gasteiger partial charge is 0.394 e. The van der Waals surface area contributed by atoms with E-state index in [1.165, 1.54) is 0 Å². The van der Waals surface area contributed by atoms with Gasteiger partial charge in [0, 0.05) is 0 Å². The number of aliphatic hydroxyl groups excluding tert-OH is 7. The van der Waals surface area contributed by atoms with Crippen LogP contribution in [0.4, 0.5) is 0 Å². The molecule has 160 valence electrons. The van der Waals surface area contributed by atoms with Crippen molar-refractivity contribution in [3.8, 4) is 0 Å². The summed E-state index contributed by atoms with van der Waals surface area (Å²) in [5.41, 5.74) is 0. The summed E-state index contributed by atoms with van der Waals surface area (Å²) in [5.74, 6) is 0. The molecule has 0 aliphatic carbocycles. The van der Waals surface area contributed by atoms with E-state index in [9.17, 15) is 35.2 Å². The average Bonchev–Trinajstić information content (AvgIpc) is 2.60. The van der Waals surface area contributed by atoms with Crippen LogP contribution in [0.1, 0.15) is 0 Å². The number of ether oxygens (including phenoxy) is 3. The third-order valence-corrected chi connectivity index (χ3v) is 4.68. The molecule has 2 heterocycles. The van der Waals surface area contributed by atoms with Gasteiger partial charge in [-0.15, -0.1) is 0 Å². The van der Waals surface area contributed by atoms with E-state index in [1.54, 1.807) is 0 Å². The van der Waals surface area contributed by atoms with Gasteiger partial charge in [-0.2, -0.15) is 0 Å². The van der Waals surface area contributed by atoms with Crippen LogP contribution in [0.25, 0.3) is 0 Å². The molecule has 0 bridgehead atoms. The zero-order valence-electron chi connectivity index (χ0n) is 13.7. The van der Waals surface area contributed by atoms with Crippen molar-refractivity contribution in [3.63, 3.8) is 0 Å². The van der Waals surface area contributed by atoms with E-state index in [0.29, 0.717) is 0 Å². The Kier molecular flexibility index (Phi) is 7.68. The summed E-state index contributed by atoms with van der Waals surface area (Å²) < 4.78 is 30.4. The molecule has 0 spiro atoms. The first-order valence-electron chi connectivity index (χ1n) is 7.82. The van der Waals surface area contributed by atoms with Crippen LogP contribution in [0.2, 0.25) is 0 Å². The lowest BCUT2D eigenvalue weighted by Gasteiger charge is -2.45. The van der Waals surface area contributed by atoms with Crippen molar-refractivity contribution in [2.75, 3.05) is 13.2 Å². The quantitative estimate of drug-likeness (QED) is 0.182. The van der Waals surface area contributed by atoms with Crippen molar-refractivity contribution in [2.45, 2.75) is 61.4 Å². The molecule has 0 aromatic heterocycles. The fourth-order valence-corrected chi connectivity index (χ4v) is 3.22. The molecule has 2 rings (SSSR count). The van der Waals surface area contributed by atoms with E-state index in [1.807, 2.05) is 0 Å². The van der Waals surface area contributed by atoms with Gasteiger partial charge < -0.3 is 59.7 Å². The summed E-state index contributed by atoms with van der Waals surface area (Å²) >= 11 is 0. The summed E-state index contributed by atoms with van der Waals surface area (Å²) in [6.45, 7) is -1.59. The molecular formula is C12H23O14P. The SMILES string of the molecule is O=P(O)(O)O[C@H]1O[C@H](CO)[C@@H](O[C@H]2O[C@H](CO)[C@@H](O)[C@H](O)[C@H]2O)[C@H](O)[C@H]1O. The third-order valence-electron chi connectivity index (χ3n) is 4.20. The molecule has 15 heteroatoms. The Labute approximate surface area is 152 Å². The molecule has 2 aliphatic rings. The summed E-state index contributed by atoms with van der Waals surface area (Å²) in [6, 6.07) is 0. The monoisotopic (exact) mass is 422 g/mol. The van der Waals surface area contributed by atoms with E-state index >= 15 is 0 Å². The van der Waals surface area contributed by atoms with Gasteiger partial charge in [-0.25, -0.2) is 4.57 Å². The summed E-state index contributed by atoms with van der Waals surface area (Å²) in [5, 5.41) is 68.0. The van der Waals surface area contributed by atoms with Crippen molar-refractivity contribution < 1.29 is 68.8 Å². The second-order valence-corrected chi connectivity index (χ2v) is 7.29. The molecule has 0 saturated carbocycles. The van der Waals surface area contributed by atoms with Crippen molar-refractivity contribution >= 4 is 7.82 Å². The first-order chi connectivity index (χ1) is 12.5. The Morgan fingerprint density at radius 3 is 1.78 bits per heavy atom. The first-order valence-corrected chi connectivity index (χ1v) is 9.35. The highest BCUT2D eigenvalue weighted by Crippen LogP contribution is 2.41. The zero-order chi connectivity index (χ0) is 20.5. The Morgan fingerprint density at radius 2 is 1.26 bits per heavy atom. The Bertz CT molecular complexity index is 524. The fourth-order valence-electron chi connectivity index (χ4n) is 2.78. The summed E-state index contributed by atoms with van der Waals surface area (Å²) in [7, 11) is -5.10. The Balaban J connectivity index is 2.14. The van der Waals surface area contributed by atoms with E-state index in [4.69, 9.17) is 29.1 Å². The fraction of sp³-hybridized carbons (Fsp3) is 1.00. The van der Waals surface area contributed by atoms with Gasteiger partial charge in [-0.1, -0.05) is 0 Å². The van der Waals surface area contributed by atoms with Crippen molar-refractivity contribution in [1.29, 1.82) is 0 Å². The van der Waals surface area contributed by atoms with Gasteiger partial charge in [0.1, 0.15) is 48.8 Å². The Hall–Kier alpha value is -0.290. The van der Waals surface area contributed by atoms with E-state index in [2.05, 4.69) is 4.52 Å². The molecule has 0 aromatic carbocycles. The number of phosphoric acid groups is 1. The van der Waals surface area contributed by atoms with Gasteiger partial charge in [0.2, 0.25) is 0 Å². The zero-order valence-corrected chi connectivity index (χ0v) is 14.6. The molecule has 0 aromatic rings. The van der Waals surface area contributed by atoms with E-state index < -0.39 is 82.4 Å². The van der Waals surface area contributed by atoms with Crippen molar-refractivity contribution in [1.82, 2.24) is 0 Å². The second-order valence-electron chi connectivity index (χ2n) is 6.10. The molecule has 14 nitrogen and oxygen atoms in total. The minimum absolute atomic E-state index is 0.737. The summed E-state index contributed by atoms with van der Waals surface area (Å²) in [4.78, 5) is 17.6. The molecule has 0 amide bonds. The van der Waals surface area contributed by atoms with Gasteiger partial charge in [-0.3, -0.25) is 4.52 Å². The van der Waals surface area contributed by atoms with Crippen molar-refractivity contribution in [2.24, 2.45) is 0 Å². The lowest BCUT2D eigenvalue weighted by atomic mass is 9.97. The number of phosphoric ester groups is 1. The van der Waals surface area contributed by atoms with Crippen LogP contribution in [0, 0.1) is 0 Å². The maximum atomic E-state index is 10.9. The number of hydrogen-bond donors (Lipinski definition) is 9. The topological polar surface area (TPSA) is 236 Å². The first kappa shape index (κ1) is 23.0. The number of aliphatic hydroxyl groups is 7. The largest absolute Gasteiger partial charge is 0.472 e. The van der Waals surface area contributed by atoms with Gasteiger partial charge in [0.05, 0.1) is 13.2 Å². The van der Waals surface area contributed by atoms with Gasteiger partial charge >= 0.3 is 7.82 Å². The molecule has 2 fully saturated rings. The van der Waals surface area contributed by atoms with Crippen LogP contribution in [-0.2, 0) is 23.3 Å². The van der Waals surface area contributed by atoms with Crippen LogP contribution in [0.15, 0.2) is 0 Å². The second kappa shape index (κ2) is 9.02. The Morgan fingerprint density at radius 1 is 0.741 bits per heavy atom. The third kappa shape index (κ3) is 5.20. The standard InChI is InChI=1S/C12H23O14P/c13-1-3-5(15)6(16)8(18)11(23-3)25-10-4(2-14)24-12(9(19)7(10)17)26-27(20,21)22/h3-19H,1-2H2,(H2,20,21,22)/t3-,4-,5-,6+,7-,8-,9-,10-,11-,12-/m1/s1. The van der Waals surface area contributed by atoms with Crippen LogP contribution in [0.5, 0.6) is 0 Å². The maximum absolute atomic E-state index is 10.9. The van der Waals surface area contributed by atoms with E-state index in [-0.39, 0.29) is 0 Å². The van der Waals surface area contributed by atoms with Crippen molar-refractivity contribution in [3.05, 3.63) is 0 Å². The molecule has 0 unspecified atom stereocenters. The number of rotatable bonds is 6. The summed E-state index contributed by atoms with van der Waals surface area (Å²) in [6.07, 6.45) is -17.3. The molecule has 10 atom stereocenters. The van der Waals surface area contributed by atoms with Crippen LogP contribution in [0.3, 0.4) is 0 Å². The van der Waals surface area contributed by atoms with E-state index in [0.717, 1.165) is 0 Å². The van der Waals surface area contributed by atoms with Gasteiger partial charge in [0.25, 0.3) is 0 Å². The minimum atomic E-state index is -5.10. The molecule has 2 saturated heterocycles. The van der Waals surface area contributed by atoms with Gasteiger partial charge in [-0.05, 0) is 0 Å². The van der Waals surface area contributed by atoms with Crippen LogP contribution in [-0.4, -0.2) is 120 Å². The molecule has 9 N–H and O–H groups in total. The van der Waals surface area contributed by atoms with Crippen LogP contribution < -0.4 is 0 Å². The molecule has 0 radical (unpaired) electrons. The minimum Gasteiger partial charge on any atom is -0.394 e. The van der Waals surface area contributed by atoms with Gasteiger partial charge in [0.15, 0.2) is 12.6 Å². The maximum Gasteiger partial charge on any atom is 0.472 e. The van der Waals surface area contributed by atoms with Crippen LogP contribution >= 0.6 is 7.82 Å². The molecule has 2 aliphatic heterocycles. The normalized spacial score (nSPS) is 46.4. The molecular weight excluding hydrogens is 399 g/mol. The highest BCUT2D eigenvalue weighted by molar-refractivity contribution is 7.46. The molecule has 27 heavy (non-hydrogen) atoms. The lowest BCUT2D eigenvalue weighted by Crippen LogP contribution is -2.64. The lowest BCUT2D eigenvalue weighted by molar-refractivity contribution is -0.353. The highest BCUT2D eigenvalue weighted by atomic mass is 31.2. The number of hydrogen-bond acceptors (Lipinski definition) is 12. The predicted molar refractivity (Wildman–Crippen MR) is 79.5 cm³/mol. The highest BCUT2D eigenvalue weighted by Gasteiger charge is 2.51. The average molecular weight is 422 g/mol. The predicted octanol–water partition coefficient (Wildman–Crippen LogP) is -5.28.